The summed E-state index contributed by atoms with van der Waals surface area (Å²) in [6, 6.07) is 9.46. The molecular formula is C15H20F3NO2. The largest absolute Gasteiger partial charge is 0.406 e. The van der Waals surface area contributed by atoms with Crippen molar-refractivity contribution in [1.29, 1.82) is 0 Å². The first-order chi connectivity index (χ1) is 9.84. The third kappa shape index (κ3) is 4.18. The number of alkyl halides is 3. The minimum atomic E-state index is -4.26. The lowest BCUT2D eigenvalue weighted by atomic mass is 10.1. The van der Waals surface area contributed by atoms with Crippen molar-refractivity contribution in [3.05, 3.63) is 35.9 Å². The summed E-state index contributed by atoms with van der Waals surface area (Å²) in [5.74, 6) is 0. The number of benzene rings is 1. The number of rotatable bonds is 7. The SMILES string of the molecule is CC(OCC(O)CNC1(C(F)(F)F)CC1)c1ccccc1. The molecule has 0 amide bonds. The van der Waals surface area contributed by atoms with Gasteiger partial charge < -0.3 is 15.2 Å². The molecule has 0 radical (unpaired) electrons. The van der Waals surface area contributed by atoms with E-state index < -0.39 is 17.8 Å². The van der Waals surface area contributed by atoms with E-state index in [1.54, 1.807) is 0 Å². The van der Waals surface area contributed by atoms with Gasteiger partial charge in [-0.3, -0.25) is 0 Å². The first kappa shape index (κ1) is 16.3. The molecule has 2 rings (SSSR count). The average Bonchev–Trinajstić information content (AvgIpc) is 3.24. The summed E-state index contributed by atoms with van der Waals surface area (Å²) in [7, 11) is 0. The number of hydrogen-bond acceptors (Lipinski definition) is 3. The first-order valence-corrected chi connectivity index (χ1v) is 7.00. The number of aliphatic hydroxyl groups is 1. The standard InChI is InChI=1S/C15H20F3NO2/c1-11(12-5-3-2-4-6-12)21-10-13(20)9-19-14(7-8-14)15(16,17)18/h2-6,11,13,19-20H,7-10H2,1H3. The fourth-order valence-corrected chi connectivity index (χ4v) is 2.13. The van der Waals surface area contributed by atoms with Gasteiger partial charge in [-0.15, -0.1) is 0 Å². The maximum Gasteiger partial charge on any atom is 0.406 e. The van der Waals surface area contributed by atoms with E-state index >= 15 is 0 Å². The molecule has 1 aromatic rings. The molecule has 1 aliphatic rings. The van der Waals surface area contributed by atoms with Crippen LogP contribution in [0.15, 0.2) is 30.3 Å². The van der Waals surface area contributed by atoms with E-state index in [9.17, 15) is 18.3 Å². The summed E-state index contributed by atoms with van der Waals surface area (Å²) < 4.78 is 43.6. The molecule has 1 fully saturated rings. The zero-order chi connectivity index (χ0) is 15.5. The Hall–Kier alpha value is -1.11. The molecule has 21 heavy (non-hydrogen) atoms. The smallest absolute Gasteiger partial charge is 0.389 e. The Kier molecular flexibility index (Phi) is 4.91. The van der Waals surface area contributed by atoms with Gasteiger partial charge in [-0.2, -0.15) is 13.2 Å². The lowest BCUT2D eigenvalue weighted by molar-refractivity contribution is -0.167. The van der Waals surface area contributed by atoms with E-state index in [2.05, 4.69) is 5.32 Å². The Morgan fingerprint density at radius 1 is 1.29 bits per heavy atom. The molecule has 6 heteroatoms. The van der Waals surface area contributed by atoms with Crippen molar-refractivity contribution < 1.29 is 23.0 Å². The van der Waals surface area contributed by atoms with Crippen molar-refractivity contribution in [2.24, 2.45) is 0 Å². The lowest BCUT2D eigenvalue weighted by Crippen LogP contribution is -2.48. The topological polar surface area (TPSA) is 41.5 Å². The maximum absolute atomic E-state index is 12.7. The number of halogens is 3. The van der Waals surface area contributed by atoms with Crippen molar-refractivity contribution >= 4 is 0 Å². The Balaban J connectivity index is 1.72. The second kappa shape index (κ2) is 6.34. The summed E-state index contributed by atoms with van der Waals surface area (Å²) in [5.41, 5.74) is -0.828. The highest BCUT2D eigenvalue weighted by atomic mass is 19.4. The molecule has 1 saturated carbocycles. The monoisotopic (exact) mass is 303 g/mol. The number of hydrogen-bond donors (Lipinski definition) is 2. The molecule has 118 valence electrons. The van der Waals surface area contributed by atoms with Gasteiger partial charge in [0.25, 0.3) is 0 Å². The fourth-order valence-electron chi connectivity index (χ4n) is 2.13. The second-order valence-corrected chi connectivity index (χ2v) is 5.50. The minimum Gasteiger partial charge on any atom is -0.389 e. The van der Waals surface area contributed by atoms with E-state index in [4.69, 9.17) is 4.74 Å². The van der Waals surface area contributed by atoms with Gasteiger partial charge in [0.05, 0.1) is 18.8 Å². The third-order valence-electron chi connectivity index (χ3n) is 3.78. The van der Waals surface area contributed by atoms with E-state index in [-0.39, 0.29) is 32.1 Å². The molecular weight excluding hydrogens is 283 g/mol. The van der Waals surface area contributed by atoms with Gasteiger partial charge in [0.2, 0.25) is 0 Å². The van der Waals surface area contributed by atoms with E-state index in [1.807, 2.05) is 37.3 Å². The van der Waals surface area contributed by atoms with Crippen LogP contribution in [-0.2, 0) is 4.74 Å². The van der Waals surface area contributed by atoms with Gasteiger partial charge in [0.1, 0.15) is 5.54 Å². The molecule has 0 heterocycles. The Labute approximate surface area is 122 Å². The zero-order valence-electron chi connectivity index (χ0n) is 11.9. The van der Waals surface area contributed by atoms with Crippen LogP contribution in [0.25, 0.3) is 0 Å². The van der Waals surface area contributed by atoms with Crippen molar-refractivity contribution in [1.82, 2.24) is 5.32 Å². The van der Waals surface area contributed by atoms with Crippen molar-refractivity contribution in [2.75, 3.05) is 13.2 Å². The molecule has 0 bridgehead atoms. The molecule has 0 aromatic heterocycles. The molecule has 3 nitrogen and oxygen atoms in total. The summed E-state index contributed by atoms with van der Waals surface area (Å²) >= 11 is 0. The van der Waals surface area contributed by atoms with Crippen LogP contribution in [0.2, 0.25) is 0 Å². The van der Waals surface area contributed by atoms with Gasteiger partial charge >= 0.3 is 6.18 Å². The zero-order valence-corrected chi connectivity index (χ0v) is 11.9. The van der Waals surface area contributed by atoms with Crippen LogP contribution in [0, 0.1) is 0 Å². The predicted octanol–water partition coefficient (Wildman–Crippen LogP) is 2.81. The van der Waals surface area contributed by atoms with Crippen LogP contribution < -0.4 is 5.32 Å². The summed E-state index contributed by atoms with van der Waals surface area (Å²) in [5, 5.41) is 12.2. The lowest BCUT2D eigenvalue weighted by Gasteiger charge is -2.23. The summed E-state index contributed by atoms with van der Waals surface area (Å²) in [4.78, 5) is 0. The first-order valence-electron chi connectivity index (χ1n) is 7.00. The third-order valence-corrected chi connectivity index (χ3v) is 3.78. The predicted molar refractivity (Wildman–Crippen MR) is 72.8 cm³/mol. The van der Waals surface area contributed by atoms with Crippen molar-refractivity contribution in [3.63, 3.8) is 0 Å². The molecule has 2 atom stereocenters. The maximum atomic E-state index is 12.7. The molecule has 0 aliphatic heterocycles. The number of ether oxygens (including phenoxy) is 1. The van der Waals surface area contributed by atoms with Crippen LogP contribution in [0.1, 0.15) is 31.4 Å². The van der Waals surface area contributed by atoms with Gasteiger partial charge in [0, 0.05) is 6.54 Å². The molecule has 2 N–H and O–H groups in total. The highest BCUT2D eigenvalue weighted by Crippen LogP contribution is 2.48. The quantitative estimate of drug-likeness (QED) is 0.814. The van der Waals surface area contributed by atoms with Gasteiger partial charge in [-0.1, -0.05) is 30.3 Å². The number of β-amino-alcohol motifs (C(OH)–C–C–N with tert-alkyl or cyclic N) is 1. The second-order valence-electron chi connectivity index (χ2n) is 5.50. The Morgan fingerprint density at radius 3 is 2.43 bits per heavy atom. The van der Waals surface area contributed by atoms with Gasteiger partial charge in [-0.25, -0.2) is 0 Å². The normalized spacial score (nSPS) is 20.0. The van der Waals surface area contributed by atoms with Crippen LogP contribution in [0.5, 0.6) is 0 Å². The van der Waals surface area contributed by atoms with E-state index in [0.29, 0.717) is 0 Å². The van der Waals surface area contributed by atoms with Crippen molar-refractivity contribution in [2.45, 2.75) is 43.7 Å². The van der Waals surface area contributed by atoms with Crippen LogP contribution in [0.3, 0.4) is 0 Å². The highest BCUT2D eigenvalue weighted by Gasteiger charge is 2.63. The summed E-state index contributed by atoms with van der Waals surface area (Å²) in [6.45, 7) is 1.71. The van der Waals surface area contributed by atoms with E-state index in [0.717, 1.165) is 5.56 Å². The fraction of sp³-hybridized carbons (Fsp3) is 0.600. The van der Waals surface area contributed by atoms with Crippen LogP contribution >= 0.6 is 0 Å². The molecule has 0 saturated heterocycles. The molecule has 0 spiro atoms. The summed E-state index contributed by atoms with van der Waals surface area (Å²) in [6.07, 6.45) is -5.28. The minimum absolute atomic E-state index is 0.00298. The van der Waals surface area contributed by atoms with Crippen molar-refractivity contribution in [3.8, 4) is 0 Å². The van der Waals surface area contributed by atoms with Crippen LogP contribution in [-0.4, -0.2) is 36.1 Å². The Bertz CT molecular complexity index is 446. The van der Waals surface area contributed by atoms with Gasteiger partial charge in [0.15, 0.2) is 0 Å². The number of nitrogens with one attached hydrogen (secondary N) is 1. The number of aliphatic hydroxyl groups excluding tert-OH is 1. The highest BCUT2D eigenvalue weighted by molar-refractivity contribution is 5.16. The van der Waals surface area contributed by atoms with E-state index in [1.165, 1.54) is 0 Å². The average molecular weight is 303 g/mol. The van der Waals surface area contributed by atoms with Crippen LogP contribution in [0.4, 0.5) is 13.2 Å². The molecule has 1 aromatic carbocycles. The molecule has 2 unspecified atom stereocenters. The molecule has 1 aliphatic carbocycles. The van der Waals surface area contributed by atoms with Gasteiger partial charge in [-0.05, 0) is 25.3 Å². The Morgan fingerprint density at radius 2 is 1.90 bits per heavy atom.